The van der Waals surface area contributed by atoms with Crippen molar-refractivity contribution in [1.82, 2.24) is 0 Å². The summed E-state index contributed by atoms with van der Waals surface area (Å²) in [5.74, 6) is 16.0. The van der Waals surface area contributed by atoms with Crippen molar-refractivity contribution in [2.45, 2.75) is 38.2 Å². The van der Waals surface area contributed by atoms with E-state index in [0.717, 1.165) is 3.63 Å². The summed E-state index contributed by atoms with van der Waals surface area (Å²) in [7, 11) is -2.64. The Bertz CT molecular complexity index is 238. The van der Waals surface area contributed by atoms with Gasteiger partial charge in [-0.25, -0.2) is 0 Å². The van der Waals surface area contributed by atoms with Crippen LogP contribution < -0.4 is 24.8 Å². The van der Waals surface area contributed by atoms with E-state index in [4.69, 9.17) is 0 Å². The van der Waals surface area contributed by atoms with Gasteiger partial charge in [0.25, 0.3) is 0 Å². The number of hydrogen-bond donors (Lipinski definition) is 0. The van der Waals surface area contributed by atoms with Gasteiger partial charge in [0.1, 0.15) is 0 Å². The van der Waals surface area contributed by atoms with Crippen LogP contribution in [0.3, 0.4) is 0 Å². The van der Waals surface area contributed by atoms with Gasteiger partial charge in [-0.15, -0.1) is 0 Å². The zero-order valence-corrected chi connectivity index (χ0v) is 19.3. The van der Waals surface area contributed by atoms with Crippen molar-refractivity contribution < 1.29 is 41.5 Å². The van der Waals surface area contributed by atoms with Crippen molar-refractivity contribution in [3.8, 4) is 0 Å². The minimum absolute atomic E-state index is 0. The second kappa shape index (κ2) is 7.58. The quantitative estimate of drug-likeness (QED) is 0.434. The summed E-state index contributed by atoms with van der Waals surface area (Å²) in [5.41, 5.74) is 0. The van der Waals surface area contributed by atoms with Crippen molar-refractivity contribution in [2.75, 3.05) is 0 Å². The normalized spacial score (nSPS) is 15.6. The molecule has 0 unspecified atom stereocenters. The molecule has 0 fully saturated rings. The topological polar surface area (TPSA) is 0 Å². The van der Waals surface area contributed by atoms with E-state index in [1.54, 1.807) is 0 Å². The molecule has 1 aliphatic rings. The summed E-state index contributed by atoms with van der Waals surface area (Å²) in [6.45, 7) is 0. The maximum atomic E-state index is 2.67. The summed E-state index contributed by atoms with van der Waals surface area (Å²) < 4.78 is 0.984. The predicted molar refractivity (Wildman–Crippen MR) is 68.7 cm³/mol. The second-order valence-electron chi connectivity index (χ2n) is 6.21. The molecule has 0 bridgehead atoms. The monoisotopic (exact) mass is 463 g/mol. The third kappa shape index (κ3) is 5.78. The summed E-state index contributed by atoms with van der Waals surface area (Å²) >= 11 is -1.10. The Balaban J connectivity index is 0. The molecule has 0 aromatic carbocycles. The zero-order valence-electron chi connectivity index (χ0n) is 11.1. The van der Waals surface area contributed by atoms with Crippen molar-refractivity contribution in [3.05, 3.63) is 24.3 Å². The van der Waals surface area contributed by atoms with E-state index in [2.05, 4.69) is 58.8 Å². The van der Waals surface area contributed by atoms with E-state index in [0.29, 0.717) is 0 Å². The SMILES string of the molecule is [CH3][Ge]([CH3])([CH3])[Zr+2]([CH]1C=CC=C1)[Ge]([CH3])([CH3])[CH3].[Cl-].[Cl-]. The van der Waals surface area contributed by atoms with Gasteiger partial charge in [-0.3, -0.25) is 0 Å². The molecule has 0 saturated heterocycles. The van der Waals surface area contributed by atoms with Gasteiger partial charge in [0, 0.05) is 0 Å². The van der Waals surface area contributed by atoms with Gasteiger partial charge in [0.15, 0.2) is 0 Å². The van der Waals surface area contributed by atoms with Crippen LogP contribution in [0.1, 0.15) is 0 Å². The Hall–Kier alpha value is 2.03. The fourth-order valence-electron chi connectivity index (χ4n) is 2.75. The number of hydrogen-bond acceptors (Lipinski definition) is 0. The molecule has 0 atom stereocenters. The van der Waals surface area contributed by atoms with Crippen LogP contribution in [0, 0.1) is 0 Å². The van der Waals surface area contributed by atoms with Gasteiger partial charge < -0.3 is 24.8 Å². The van der Waals surface area contributed by atoms with Crippen LogP contribution in [0.25, 0.3) is 0 Å². The smallest absolute Gasteiger partial charge is 1.00 e. The third-order valence-electron chi connectivity index (χ3n) is 2.70. The van der Waals surface area contributed by atoms with E-state index >= 15 is 0 Å². The van der Waals surface area contributed by atoms with E-state index in [1.807, 2.05) is 0 Å². The first kappa shape index (κ1) is 20.3. The third-order valence-corrected chi connectivity index (χ3v) is 158. The van der Waals surface area contributed by atoms with Crippen LogP contribution in [-0.2, 0) is 16.7 Å². The Morgan fingerprint density at radius 1 is 0.750 bits per heavy atom. The molecular formula is C11H23Cl2Ge2Zr. The molecule has 0 saturated carbocycles. The van der Waals surface area contributed by atoms with Crippen LogP contribution in [-0.4, -0.2) is 19.0 Å². The molecule has 0 nitrogen and oxygen atoms in total. The molecule has 5 heteroatoms. The van der Waals surface area contributed by atoms with Crippen LogP contribution in [0.4, 0.5) is 0 Å². The average molecular weight is 463 g/mol. The zero-order chi connectivity index (χ0) is 11.0. The van der Waals surface area contributed by atoms with E-state index < -0.39 is 35.7 Å². The Morgan fingerprint density at radius 3 is 1.31 bits per heavy atom. The van der Waals surface area contributed by atoms with E-state index in [-0.39, 0.29) is 24.8 Å². The molecule has 1 rings (SSSR count). The summed E-state index contributed by atoms with van der Waals surface area (Å²) in [6.07, 6.45) is 9.60. The first-order chi connectivity index (χ1) is 6.23. The maximum Gasteiger partial charge on any atom is -1.00 e. The maximum absolute atomic E-state index is 2.67. The summed E-state index contributed by atoms with van der Waals surface area (Å²) in [4.78, 5) is 0. The molecule has 0 amide bonds. The van der Waals surface area contributed by atoms with Crippen LogP contribution in [0.15, 0.2) is 24.3 Å². The molecule has 93 valence electrons. The minimum atomic E-state index is -1.32. The molecule has 0 aromatic rings. The molecule has 1 aliphatic carbocycles. The van der Waals surface area contributed by atoms with Crippen molar-refractivity contribution in [1.29, 1.82) is 0 Å². The largest absolute Gasteiger partial charge is 1.00 e. The van der Waals surface area contributed by atoms with Crippen LogP contribution in [0.5, 0.6) is 0 Å². The molecular weight excluding hydrogens is 439 g/mol. The molecule has 16 heavy (non-hydrogen) atoms. The van der Waals surface area contributed by atoms with Crippen LogP contribution >= 0.6 is 0 Å². The van der Waals surface area contributed by atoms with E-state index in [9.17, 15) is 0 Å². The molecule has 0 spiro atoms. The predicted octanol–water partition coefficient (Wildman–Crippen LogP) is -1.80. The second-order valence-corrected chi connectivity index (χ2v) is 93.5. The van der Waals surface area contributed by atoms with Gasteiger partial charge in [-0.05, 0) is 0 Å². The number of allylic oxidation sites excluding steroid dienone is 4. The van der Waals surface area contributed by atoms with Gasteiger partial charge in [-0.2, -0.15) is 0 Å². The van der Waals surface area contributed by atoms with Crippen molar-refractivity contribution in [3.63, 3.8) is 0 Å². The van der Waals surface area contributed by atoms with Crippen molar-refractivity contribution in [2.24, 2.45) is 0 Å². The summed E-state index contributed by atoms with van der Waals surface area (Å²) in [5, 5.41) is 0. The van der Waals surface area contributed by atoms with Gasteiger partial charge in [0.2, 0.25) is 0 Å². The molecule has 0 heterocycles. The molecule has 0 radical (unpaired) electrons. The Kier molecular flexibility index (Phi) is 9.64. The van der Waals surface area contributed by atoms with Gasteiger partial charge >= 0.3 is 98.2 Å². The first-order valence-electron chi connectivity index (χ1n) is 5.46. The average Bonchev–Trinajstić information content (AvgIpc) is 2.31. The fraction of sp³-hybridized carbons (Fsp3) is 0.636. The number of rotatable bonds is 3. The van der Waals surface area contributed by atoms with E-state index in [1.165, 1.54) is 0 Å². The summed E-state index contributed by atoms with van der Waals surface area (Å²) in [6, 6.07) is 0. The molecule has 0 aliphatic heterocycles. The molecule has 0 N–H and O–H groups in total. The van der Waals surface area contributed by atoms with Crippen molar-refractivity contribution >= 4 is 19.0 Å². The van der Waals surface area contributed by atoms with Gasteiger partial charge in [0.05, 0.1) is 0 Å². The first-order valence-corrected chi connectivity index (χ1v) is 34.3. The van der Waals surface area contributed by atoms with Crippen LogP contribution in [0.2, 0.25) is 38.2 Å². The fourth-order valence-corrected chi connectivity index (χ4v) is 217. The molecule has 0 aromatic heterocycles. The Morgan fingerprint density at radius 2 is 1.06 bits per heavy atom. The number of halogens is 2. The standard InChI is InChI=1S/C5H5.2C3H9Ge.2ClH.Zr/c1-2-4-5-3-1;2*1-4(2)3;;;/h1-5H;2*1-3H3;2*1H;/q;;;;;+2/p-2. The minimum Gasteiger partial charge on any atom is -1.00 e. The Labute approximate surface area is 121 Å². The van der Waals surface area contributed by atoms with Gasteiger partial charge in [-0.1, -0.05) is 0 Å².